The Morgan fingerprint density at radius 1 is 1.13 bits per heavy atom. The van der Waals surface area contributed by atoms with Crippen molar-refractivity contribution in [2.75, 3.05) is 39.4 Å². The minimum atomic E-state index is 0.809. The topological polar surface area (TPSA) is 36.9 Å². The summed E-state index contributed by atoms with van der Waals surface area (Å²) in [5.41, 5.74) is 1.35. The smallest absolute Gasteiger partial charge is 0.193 e. The number of aliphatic imine (C=N–C) groups is 1. The summed E-state index contributed by atoms with van der Waals surface area (Å²) in [6.07, 6.45) is 5.75. The first kappa shape index (κ1) is 17.8. The van der Waals surface area contributed by atoms with E-state index in [0.717, 1.165) is 64.6 Å². The van der Waals surface area contributed by atoms with Crippen LogP contribution in [0.1, 0.15) is 38.2 Å². The lowest BCUT2D eigenvalue weighted by Crippen LogP contribution is -2.39. The molecule has 23 heavy (non-hydrogen) atoms. The lowest BCUT2D eigenvalue weighted by Gasteiger charge is -2.20. The zero-order chi connectivity index (χ0) is 16.2. The van der Waals surface area contributed by atoms with E-state index in [4.69, 9.17) is 9.73 Å². The van der Waals surface area contributed by atoms with Gasteiger partial charge in [-0.1, -0.05) is 30.3 Å². The van der Waals surface area contributed by atoms with Crippen molar-refractivity contribution in [1.82, 2.24) is 10.2 Å². The molecule has 128 valence electrons. The minimum absolute atomic E-state index is 0.809. The molecule has 1 heterocycles. The van der Waals surface area contributed by atoms with Crippen LogP contribution in [0.4, 0.5) is 0 Å². The SMILES string of the molecule is CCNC(=NCCCCOCCc1ccccc1)N1CCCC1. The fourth-order valence-electron chi connectivity index (χ4n) is 2.79. The summed E-state index contributed by atoms with van der Waals surface area (Å²) in [7, 11) is 0. The molecule has 0 amide bonds. The van der Waals surface area contributed by atoms with Crippen molar-refractivity contribution >= 4 is 5.96 Å². The van der Waals surface area contributed by atoms with Crippen LogP contribution in [0, 0.1) is 0 Å². The van der Waals surface area contributed by atoms with Crippen molar-refractivity contribution in [3.8, 4) is 0 Å². The van der Waals surface area contributed by atoms with Gasteiger partial charge in [0.05, 0.1) is 6.61 Å². The maximum atomic E-state index is 5.72. The normalized spacial score (nSPS) is 15.2. The van der Waals surface area contributed by atoms with E-state index < -0.39 is 0 Å². The van der Waals surface area contributed by atoms with Crippen molar-refractivity contribution in [3.05, 3.63) is 35.9 Å². The highest BCUT2D eigenvalue weighted by Crippen LogP contribution is 2.07. The molecule has 1 aliphatic rings. The van der Waals surface area contributed by atoms with Crippen LogP contribution in [0.5, 0.6) is 0 Å². The summed E-state index contributed by atoms with van der Waals surface area (Å²) in [6.45, 7) is 7.90. The third-order valence-electron chi connectivity index (χ3n) is 4.08. The number of guanidine groups is 1. The highest BCUT2D eigenvalue weighted by Gasteiger charge is 2.14. The maximum absolute atomic E-state index is 5.72. The molecule has 0 radical (unpaired) electrons. The van der Waals surface area contributed by atoms with E-state index in [0.29, 0.717) is 0 Å². The summed E-state index contributed by atoms with van der Waals surface area (Å²) in [4.78, 5) is 7.11. The first-order valence-electron chi connectivity index (χ1n) is 9.05. The molecule has 0 bridgehead atoms. The quantitative estimate of drug-likeness (QED) is 0.432. The van der Waals surface area contributed by atoms with Crippen molar-refractivity contribution in [1.29, 1.82) is 0 Å². The summed E-state index contributed by atoms with van der Waals surface area (Å²) in [5.74, 6) is 1.09. The van der Waals surface area contributed by atoms with Crippen LogP contribution in [-0.2, 0) is 11.2 Å². The second-order valence-electron chi connectivity index (χ2n) is 5.98. The molecular formula is C19H31N3O. The van der Waals surface area contributed by atoms with Crippen LogP contribution < -0.4 is 5.32 Å². The molecular weight excluding hydrogens is 286 g/mol. The van der Waals surface area contributed by atoms with E-state index in [1.807, 2.05) is 0 Å². The number of ether oxygens (including phenoxy) is 1. The third kappa shape index (κ3) is 7.04. The molecule has 1 aromatic rings. The van der Waals surface area contributed by atoms with Crippen LogP contribution in [0.3, 0.4) is 0 Å². The van der Waals surface area contributed by atoms with E-state index in [2.05, 4.69) is 47.5 Å². The summed E-state index contributed by atoms with van der Waals surface area (Å²) in [5, 5.41) is 3.40. The monoisotopic (exact) mass is 317 g/mol. The van der Waals surface area contributed by atoms with Crippen LogP contribution in [-0.4, -0.2) is 50.3 Å². The van der Waals surface area contributed by atoms with Crippen LogP contribution >= 0.6 is 0 Å². The Kier molecular flexibility index (Phi) is 8.56. The van der Waals surface area contributed by atoms with E-state index in [1.165, 1.54) is 18.4 Å². The number of unbranched alkanes of at least 4 members (excludes halogenated alkanes) is 1. The zero-order valence-corrected chi connectivity index (χ0v) is 14.5. The first-order valence-corrected chi connectivity index (χ1v) is 9.05. The molecule has 4 nitrogen and oxygen atoms in total. The zero-order valence-electron chi connectivity index (χ0n) is 14.5. The third-order valence-corrected chi connectivity index (χ3v) is 4.08. The molecule has 0 saturated carbocycles. The van der Waals surface area contributed by atoms with E-state index in [9.17, 15) is 0 Å². The van der Waals surface area contributed by atoms with E-state index >= 15 is 0 Å². The van der Waals surface area contributed by atoms with Gasteiger partial charge in [0, 0.05) is 32.8 Å². The second-order valence-corrected chi connectivity index (χ2v) is 5.98. The van der Waals surface area contributed by atoms with Gasteiger partial charge in [-0.15, -0.1) is 0 Å². The Labute approximate surface area is 140 Å². The number of hydrogen-bond donors (Lipinski definition) is 1. The van der Waals surface area contributed by atoms with Crippen molar-refractivity contribution < 1.29 is 4.74 Å². The van der Waals surface area contributed by atoms with Gasteiger partial charge in [-0.25, -0.2) is 0 Å². The molecule has 0 atom stereocenters. The van der Waals surface area contributed by atoms with Gasteiger partial charge in [0.1, 0.15) is 0 Å². The number of benzene rings is 1. The van der Waals surface area contributed by atoms with Gasteiger partial charge in [0.15, 0.2) is 5.96 Å². The number of hydrogen-bond acceptors (Lipinski definition) is 2. The fourth-order valence-corrected chi connectivity index (χ4v) is 2.79. The molecule has 0 spiro atoms. The summed E-state index contributed by atoms with van der Waals surface area (Å²) in [6, 6.07) is 10.5. The fraction of sp³-hybridized carbons (Fsp3) is 0.632. The largest absolute Gasteiger partial charge is 0.381 e. The molecule has 1 aliphatic heterocycles. The van der Waals surface area contributed by atoms with Gasteiger partial charge in [0.2, 0.25) is 0 Å². The predicted molar refractivity (Wildman–Crippen MR) is 97.0 cm³/mol. The van der Waals surface area contributed by atoms with Gasteiger partial charge in [0.25, 0.3) is 0 Å². The minimum Gasteiger partial charge on any atom is -0.381 e. The van der Waals surface area contributed by atoms with Crippen molar-refractivity contribution in [2.45, 2.75) is 39.0 Å². The molecule has 2 rings (SSSR count). The average Bonchev–Trinajstić information content (AvgIpc) is 3.11. The summed E-state index contributed by atoms with van der Waals surface area (Å²) >= 11 is 0. The molecule has 0 aliphatic carbocycles. The summed E-state index contributed by atoms with van der Waals surface area (Å²) < 4.78 is 5.72. The number of nitrogens with zero attached hydrogens (tertiary/aromatic N) is 2. The number of rotatable bonds is 9. The van der Waals surface area contributed by atoms with Gasteiger partial charge < -0.3 is 15.0 Å². The Morgan fingerprint density at radius 3 is 2.65 bits per heavy atom. The Morgan fingerprint density at radius 2 is 1.91 bits per heavy atom. The van der Waals surface area contributed by atoms with Crippen molar-refractivity contribution in [3.63, 3.8) is 0 Å². The standard InChI is InChI=1S/C19H31N3O/c1-2-20-19(22-14-7-8-15-22)21-13-6-9-16-23-17-12-18-10-4-3-5-11-18/h3-5,10-11H,2,6-9,12-17H2,1H3,(H,20,21). The Hall–Kier alpha value is -1.55. The highest BCUT2D eigenvalue weighted by molar-refractivity contribution is 5.80. The predicted octanol–water partition coefficient (Wildman–Crippen LogP) is 3.09. The first-order chi connectivity index (χ1) is 11.4. The van der Waals surface area contributed by atoms with Crippen LogP contribution in [0.25, 0.3) is 0 Å². The number of likely N-dealkylation sites (tertiary alicyclic amines) is 1. The second kappa shape index (κ2) is 11.1. The Bertz CT molecular complexity index is 441. The Balaban J connectivity index is 1.53. The van der Waals surface area contributed by atoms with Gasteiger partial charge in [-0.05, 0) is 44.6 Å². The maximum Gasteiger partial charge on any atom is 0.193 e. The van der Waals surface area contributed by atoms with Crippen molar-refractivity contribution in [2.24, 2.45) is 4.99 Å². The molecule has 0 aromatic heterocycles. The molecule has 0 unspecified atom stereocenters. The lowest BCUT2D eigenvalue weighted by molar-refractivity contribution is 0.134. The van der Waals surface area contributed by atoms with E-state index in [-0.39, 0.29) is 0 Å². The average molecular weight is 317 g/mol. The van der Waals surface area contributed by atoms with Gasteiger partial charge in [-0.2, -0.15) is 0 Å². The molecule has 1 N–H and O–H groups in total. The molecule has 1 saturated heterocycles. The van der Waals surface area contributed by atoms with Crippen LogP contribution in [0.15, 0.2) is 35.3 Å². The van der Waals surface area contributed by atoms with E-state index in [1.54, 1.807) is 0 Å². The molecule has 4 heteroatoms. The van der Waals surface area contributed by atoms with Gasteiger partial charge in [-0.3, -0.25) is 4.99 Å². The van der Waals surface area contributed by atoms with Crippen LogP contribution in [0.2, 0.25) is 0 Å². The molecule has 1 fully saturated rings. The number of nitrogens with one attached hydrogen (secondary N) is 1. The highest BCUT2D eigenvalue weighted by atomic mass is 16.5. The lowest BCUT2D eigenvalue weighted by atomic mass is 10.2. The molecule has 1 aromatic carbocycles. The van der Waals surface area contributed by atoms with Gasteiger partial charge >= 0.3 is 0 Å².